The number of halogens is 1. The van der Waals surface area contributed by atoms with E-state index in [1.807, 2.05) is 37.8 Å². The normalized spacial score (nSPS) is 13.8. The Labute approximate surface area is 180 Å². The lowest BCUT2D eigenvalue weighted by Crippen LogP contribution is -2.39. The first-order valence-electron chi connectivity index (χ1n) is 9.37. The van der Waals surface area contributed by atoms with Crippen LogP contribution in [0.2, 0.25) is 0 Å². The number of hydrogen-bond donors (Lipinski definition) is 2. The Morgan fingerprint density at radius 3 is 2.41 bits per heavy atom. The standard InChI is InChI=1S/C20H32N4O2.HI/c1-5-21-19(23-15-20(2,3)26-4)22-12-8-11-18(25)24-13-16-9-6-7-10-17(16)14-24;/h6-7,9-10H,5,8,11-15H2,1-4H3,(H2,21,22,23);1H. The van der Waals surface area contributed by atoms with E-state index in [2.05, 4.69) is 27.8 Å². The molecule has 1 heterocycles. The van der Waals surface area contributed by atoms with Crippen molar-refractivity contribution in [1.82, 2.24) is 15.5 Å². The molecule has 0 aromatic heterocycles. The molecule has 0 saturated heterocycles. The lowest BCUT2D eigenvalue weighted by atomic mass is 10.1. The number of amides is 1. The monoisotopic (exact) mass is 488 g/mol. The Balaban J connectivity index is 0.00000364. The Bertz CT molecular complexity index is 609. The number of nitrogens with zero attached hydrogens (tertiary/aromatic N) is 2. The Hall–Kier alpha value is -1.35. The number of guanidine groups is 1. The topological polar surface area (TPSA) is 66.0 Å². The quantitative estimate of drug-likeness (QED) is 0.256. The maximum absolute atomic E-state index is 12.4. The third kappa shape index (κ3) is 7.65. The maximum atomic E-state index is 12.4. The minimum absolute atomic E-state index is 0. The van der Waals surface area contributed by atoms with Gasteiger partial charge in [0.2, 0.25) is 5.91 Å². The van der Waals surface area contributed by atoms with Gasteiger partial charge in [-0.15, -0.1) is 24.0 Å². The van der Waals surface area contributed by atoms with Gasteiger partial charge in [0.05, 0.1) is 12.1 Å². The lowest BCUT2D eigenvalue weighted by molar-refractivity contribution is -0.131. The molecule has 1 amide bonds. The molecule has 27 heavy (non-hydrogen) atoms. The van der Waals surface area contributed by atoms with Crippen molar-refractivity contribution in [3.8, 4) is 0 Å². The fourth-order valence-corrected chi connectivity index (χ4v) is 2.79. The summed E-state index contributed by atoms with van der Waals surface area (Å²) in [5, 5.41) is 6.52. The van der Waals surface area contributed by atoms with Gasteiger partial charge in [-0.25, -0.2) is 0 Å². The molecule has 0 aliphatic carbocycles. The van der Waals surface area contributed by atoms with E-state index in [0.717, 1.165) is 32.0 Å². The summed E-state index contributed by atoms with van der Waals surface area (Å²) in [7, 11) is 1.69. The molecular weight excluding hydrogens is 455 g/mol. The van der Waals surface area contributed by atoms with E-state index in [4.69, 9.17) is 4.74 Å². The first-order chi connectivity index (χ1) is 12.4. The van der Waals surface area contributed by atoms with E-state index >= 15 is 0 Å². The molecule has 0 radical (unpaired) electrons. The van der Waals surface area contributed by atoms with Crippen LogP contribution in [0.3, 0.4) is 0 Å². The average molecular weight is 488 g/mol. The summed E-state index contributed by atoms with van der Waals surface area (Å²) in [4.78, 5) is 18.9. The number of carbonyl (C=O) groups excluding carboxylic acids is 1. The van der Waals surface area contributed by atoms with Crippen LogP contribution >= 0.6 is 24.0 Å². The van der Waals surface area contributed by atoms with Gasteiger partial charge < -0.3 is 20.3 Å². The molecule has 1 aliphatic heterocycles. The van der Waals surface area contributed by atoms with Crippen LogP contribution in [0.1, 0.15) is 44.7 Å². The fraction of sp³-hybridized carbons (Fsp3) is 0.600. The summed E-state index contributed by atoms with van der Waals surface area (Å²) < 4.78 is 5.39. The Morgan fingerprint density at radius 2 is 1.85 bits per heavy atom. The molecule has 0 fully saturated rings. The lowest BCUT2D eigenvalue weighted by Gasteiger charge is -2.21. The molecule has 0 bridgehead atoms. The highest BCUT2D eigenvalue weighted by molar-refractivity contribution is 14.0. The van der Waals surface area contributed by atoms with Crippen LogP contribution in [-0.4, -0.2) is 49.1 Å². The maximum Gasteiger partial charge on any atom is 0.223 e. The molecule has 2 rings (SSSR count). The van der Waals surface area contributed by atoms with Gasteiger partial charge in [0, 0.05) is 39.7 Å². The SMILES string of the molecule is CCNC(=NCC(C)(C)OC)NCCCC(=O)N1Cc2ccccc2C1.I. The predicted molar refractivity (Wildman–Crippen MR) is 120 cm³/mol. The number of ether oxygens (including phenoxy) is 1. The van der Waals surface area contributed by atoms with Gasteiger partial charge in [-0.2, -0.15) is 0 Å². The van der Waals surface area contributed by atoms with Crippen molar-refractivity contribution in [2.75, 3.05) is 26.7 Å². The summed E-state index contributed by atoms with van der Waals surface area (Å²) in [5.74, 6) is 0.976. The van der Waals surface area contributed by atoms with Gasteiger partial charge in [-0.05, 0) is 38.3 Å². The second-order valence-corrected chi connectivity index (χ2v) is 7.21. The molecule has 0 saturated carbocycles. The van der Waals surface area contributed by atoms with Gasteiger partial charge >= 0.3 is 0 Å². The third-order valence-corrected chi connectivity index (χ3v) is 4.57. The molecule has 152 valence electrons. The Morgan fingerprint density at radius 1 is 1.22 bits per heavy atom. The van der Waals surface area contributed by atoms with Crippen molar-refractivity contribution in [2.24, 2.45) is 4.99 Å². The van der Waals surface area contributed by atoms with E-state index in [-0.39, 0.29) is 35.5 Å². The highest BCUT2D eigenvalue weighted by Gasteiger charge is 2.22. The Kier molecular flexibility index (Phi) is 10.1. The van der Waals surface area contributed by atoms with E-state index in [1.54, 1.807) is 7.11 Å². The first-order valence-corrected chi connectivity index (χ1v) is 9.37. The van der Waals surface area contributed by atoms with Crippen LogP contribution in [0.5, 0.6) is 0 Å². The third-order valence-electron chi connectivity index (χ3n) is 4.57. The second kappa shape index (κ2) is 11.5. The molecule has 1 aliphatic rings. The number of aliphatic imine (C=N–C) groups is 1. The zero-order valence-corrected chi connectivity index (χ0v) is 19.2. The summed E-state index contributed by atoms with van der Waals surface area (Å²) in [6, 6.07) is 8.27. The van der Waals surface area contributed by atoms with Crippen molar-refractivity contribution in [2.45, 2.75) is 52.3 Å². The van der Waals surface area contributed by atoms with Crippen molar-refractivity contribution < 1.29 is 9.53 Å². The predicted octanol–water partition coefficient (Wildman–Crippen LogP) is 2.91. The highest BCUT2D eigenvalue weighted by atomic mass is 127. The van der Waals surface area contributed by atoms with Gasteiger partial charge in [-0.1, -0.05) is 24.3 Å². The summed E-state index contributed by atoms with van der Waals surface area (Å²) in [6.45, 7) is 9.60. The molecule has 0 spiro atoms. The number of rotatable bonds is 8. The molecule has 2 N–H and O–H groups in total. The summed E-state index contributed by atoms with van der Waals surface area (Å²) >= 11 is 0. The molecule has 7 heteroatoms. The summed E-state index contributed by atoms with van der Waals surface area (Å²) in [6.07, 6.45) is 1.33. The smallest absolute Gasteiger partial charge is 0.223 e. The number of benzene rings is 1. The van der Waals surface area contributed by atoms with Gasteiger partial charge in [0.25, 0.3) is 0 Å². The summed E-state index contributed by atoms with van der Waals surface area (Å²) in [5.41, 5.74) is 2.24. The van der Waals surface area contributed by atoms with Gasteiger partial charge in [0.15, 0.2) is 5.96 Å². The van der Waals surface area contributed by atoms with E-state index in [1.165, 1.54) is 11.1 Å². The van der Waals surface area contributed by atoms with Crippen molar-refractivity contribution >= 4 is 35.8 Å². The van der Waals surface area contributed by atoms with Gasteiger partial charge in [0.1, 0.15) is 0 Å². The number of methoxy groups -OCH3 is 1. The number of carbonyl (C=O) groups is 1. The largest absolute Gasteiger partial charge is 0.377 e. The zero-order valence-electron chi connectivity index (χ0n) is 16.9. The fourth-order valence-electron chi connectivity index (χ4n) is 2.79. The van der Waals surface area contributed by atoms with E-state index in [0.29, 0.717) is 19.5 Å². The number of hydrogen-bond acceptors (Lipinski definition) is 3. The van der Waals surface area contributed by atoms with Crippen LogP contribution in [0, 0.1) is 0 Å². The minimum Gasteiger partial charge on any atom is -0.377 e. The van der Waals surface area contributed by atoms with Crippen LogP contribution in [0.25, 0.3) is 0 Å². The first kappa shape index (κ1) is 23.7. The van der Waals surface area contributed by atoms with Crippen LogP contribution in [0.4, 0.5) is 0 Å². The number of nitrogens with one attached hydrogen (secondary N) is 2. The second-order valence-electron chi connectivity index (χ2n) is 7.21. The van der Waals surface area contributed by atoms with Crippen LogP contribution in [0.15, 0.2) is 29.3 Å². The molecule has 0 unspecified atom stereocenters. The van der Waals surface area contributed by atoms with Crippen molar-refractivity contribution in [1.29, 1.82) is 0 Å². The van der Waals surface area contributed by atoms with E-state index < -0.39 is 0 Å². The average Bonchev–Trinajstić information content (AvgIpc) is 3.07. The van der Waals surface area contributed by atoms with Crippen LogP contribution < -0.4 is 10.6 Å². The molecular formula is C20H33IN4O2. The van der Waals surface area contributed by atoms with Crippen molar-refractivity contribution in [3.05, 3.63) is 35.4 Å². The molecule has 6 nitrogen and oxygen atoms in total. The number of fused-ring (bicyclic) bond motifs is 1. The molecule has 1 aromatic carbocycles. The van der Waals surface area contributed by atoms with Gasteiger partial charge in [-0.3, -0.25) is 9.79 Å². The molecule has 1 aromatic rings. The van der Waals surface area contributed by atoms with Crippen molar-refractivity contribution in [3.63, 3.8) is 0 Å². The molecule has 0 atom stereocenters. The van der Waals surface area contributed by atoms with E-state index in [9.17, 15) is 4.79 Å². The minimum atomic E-state index is -0.289. The zero-order chi connectivity index (χ0) is 19.0. The highest BCUT2D eigenvalue weighted by Crippen LogP contribution is 2.22. The van der Waals surface area contributed by atoms with Crippen LogP contribution in [-0.2, 0) is 22.6 Å².